The Morgan fingerprint density at radius 2 is 0.767 bits per heavy atom. The van der Waals surface area contributed by atoms with Crippen LogP contribution in [0, 0.1) is 0 Å². The van der Waals surface area contributed by atoms with Gasteiger partial charge in [-0.05, 0) is 91.2 Å². The molecule has 0 saturated heterocycles. The van der Waals surface area contributed by atoms with Crippen LogP contribution >= 0.6 is 0 Å². The molecular formula is C49H27B10N. The van der Waals surface area contributed by atoms with Crippen LogP contribution in [0.15, 0.2) is 127 Å². The molecule has 0 amide bonds. The third-order valence-electron chi connectivity index (χ3n) is 12.3. The van der Waals surface area contributed by atoms with Crippen LogP contribution in [-0.2, 0) is 5.41 Å². The number of rotatable bonds is 6. The van der Waals surface area contributed by atoms with E-state index in [0.29, 0.717) is 11.1 Å². The van der Waals surface area contributed by atoms with E-state index in [4.69, 9.17) is 78.5 Å². The lowest BCUT2D eigenvalue weighted by Gasteiger charge is -2.31. The molecule has 0 bridgehead atoms. The molecule has 0 N–H and O–H groups in total. The van der Waals surface area contributed by atoms with Crippen molar-refractivity contribution in [2.24, 2.45) is 0 Å². The first kappa shape index (κ1) is 39.9. The van der Waals surface area contributed by atoms with Crippen molar-refractivity contribution in [3.05, 3.63) is 139 Å². The topological polar surface area (TPSA) is 3.24 Å². The van der Waals surface area contributed by atoms with Gasteiger partial charge in [0.05, 0.1) is 5.69 Å². The van der Waals surface area contributed by atoms with Crippen molar-refractivity contribution >= 4 is 161 Å². The van der Waals surface area contributed by atoms with Crippen molar-refractivity contribution in [3.8, 4) is 44.5 Å². The first-order chi connectivity index (χ1) is 28.7. The second-order valence-corrected chi connectivity index (χ2v) is 15.9. The van der Waals surface area contributed by atoms with E-state index in [2.05, 4.69) is 97.6 Å². The molecule has 9 rings (SSSR count). The predicted octanol–water partition coefficient (Wildman–Crippen LogP) is 1.55. The van der Waals surface area contributed by atoms with Gasteiger partial charge in [-0.2, -0.15) is 0 Å². The fraction of sp³-hybridized carbons (Fsp3) is 0.0612. The zero-order valence-corrected chi connectivity index (χ0v) is 33.3. The van der Waals surface area contributed by atoms with E-state index >= 15 is 0 Å². The van der Waals surface area contributed by atoms with Crippen LogP contribution in [0.2, 0.25) is 0 Å². The SMILES string of the molecule is [B]c1c([B])c([B])c(-c2ccccc2N(c2ccc(-c3ccc(-c4c([B])c([B])c([B])c([B])c4[B])c4ccccc34)cc2)c2ccc3c(c2)C(C)(C)c2ccccc2-3)c([B])c1[B]. The van der Waals surface area contributed by atoms with Crippen LogP contribution < -0.4 is 59.5 Å². The molecule has 8 aromatic carbocycles. The number of hydrogen-bond acceptors (Lipinski definition) is 1. The summed E-state index contributed by atoms with van der Waals surface area (Å²) < 4.78 is 0. The molecule has 11 heteroatoms. The lowest BCUT2D eigenvalue weighted by molar-refractivity contribution is 0.660. The van der Waals surface area contributed by atoms with Gasteiger partial charge < -0.3 is 4.90 Å². The third kappa shape index (κ3) is 6.06. The van der Waals surface area contributed by atoms with Crippen LogP contribution in [0.4, 0.5) is 17.1 Å². The minimum Gasteiger partial charge on any atom is -0.310 e. The monoisotopic (exact) mass is 739 g/mol. The number of para-hydroxylation sites is 1. The quantitative estimate of drug-likeness (QED) is 0.235. The van der Waals surface area contributed by atoms with Crippen molar-refractivity contribution in [2.45, 2.75) is 19.3 Å². The van der Waals surface area contributed by atoms with E-state index in [0.717, 1.165) is 50.1 Å². The summed E-state index contributed by atoms with van der Waals surface area (Å²) in [6.07, 6.45) is 0. The number of nitrogens with zero attached hydrogens (tertiary/aromatic N) is 1. The van der Waals surface area contributed by atoms with Gasteiger partial charge in [-0.25, -0.2) is 0 Å². The summed E-state index contributed by atoms with van der Waals surface area (Å²) in [6.45, 7) is 4.54. The van der Waals surface area contributed by atoms with Crippen molar-refractivity contribution in [3.63, 3.8) is 0 Å². The summed E-state index contributed by atoms with van der Waals surface area (Å²) in [4.78, 5) is 2.21. The lowest BCUT2D eigenvalue weighted by atomic mass is 9.59. The lowest BCUT2D eigenvalue weighted by Crippen LogP contribution is -2.55. The number of anilines is 3. The average molecular weight is 738 g/mol. The molecule has 8 aromatic rings. The van der Waals surface area contributed by atoms with Crippen LogP contribution in [0.3, 0.4) is 0 Å². The van der Waals surface area contributed by atoms with Crippen molar-refractivity contribution in [2.75, 3.05) is 4.90 Å². The molecule has 0 aliphatic heterocycles. The average Bonchev–Trinajstić information content (AvgIpc) is 3.49. The smallest absolute Gasteiger partial charge is 0.113 e. The molecule has 1 nitrogen and oxygen atoms in total. The second kappa shape index (κ2) is 14.9. The fourth-order valence-electron chi connectivity index (χ4n) is 8.98. The van der Waals surface area contributed by atoms with Gasteiger partial charge in [0.25, 0.3) is 0 Å². The highest BCUT2D eigenvalue weighted by Crippen LogP contribution is 2.51. The zero-order valence-electron chi connectivity index (χ0n) is 33.3. The van der Waals surface area contributed by atoms with E-state index in [-0.39, 0.29) is 60.0 Å². The Hall–Kier alpha value is -5.53. The number of fused-ring (bicyclic) bond motifs is 4. The molecule has 258 valence electrons. The largest absolute Gasteiger partial charge is 0.310 e. The Labute approximate surface area is 366 Å². The van der Waals surface area contributed by atoms with E-state index < -0.39 is 0 Å². The second-order valence-electron chi connectivity index (χ2n) is 15.9. The van der Waals surface area contributed by atoms with Crippen molar-refractivity contribution < 1.29 is 0 Å². The van der Waals surface area contributed by atoms with E-state index in [9.17, 15) is 0 Å². The standard InChI is InChI=1S/C49H27B10N/c1-49(2)34-13-7-5-11-30(34)31-20-19-26(23-35(31)49)60(36-14-8-6-12-33(36)38-41(52)45(56)48(59)46(57)42(38)53)25-17-15-24(16-18-25)27-21-22-32(29-10-4-3-9-28(27)29)37-39(50)43(54)47(58)44(55)40(37)51/h3-23H,1-2H3. The summed E-state index contributed by atoms with van der Waals surface area (Å²) in [6, 6.07) is 43.7. The molecule has 0 saturated carbocycles. The number of hydrogen-bond donors (Lipinski definition) is 0. The summed E-state index contributed by atoms with van der Waals surface area (Å²) >= 11 is 0. The van der Waals surface area contributed by atoms with Crippen LogP contribution in [0.25, 0.3) is 55.3 Å². The molecule has 0 unspecified atom stereocenters. The van der Waals surface area contributed by atoms with Gasteiger partial charge >= 0.3 is 0 Å². The molecular weight excluding hydrogens is 711 g/mol. The van der Waals surface area contributed by atoms with E-state index in [1.807, 2.05) is 48.5 Å². The Morgan fingerprint density at radius 1 is 0.350 bits per heavy atom. The molecule has 0 spiro atoms. The molecule has 1 aliphatic rings. The highest BCUT2D eigenvalue weighted by Gasteiger charge is 2.36. The van der Waals surface area contributed by atoms with Crippen molar-refractivity contribution in [1.82, 2.24) is 0 Å². The first-order valence-corrected chi connectivity index (χ1v) is 19.5. The highest BCUT2D eigenvalue weighted by molar-refractivity contribution is 6.70. The highest BCUT2D eigenvalue weighted by atomic mass is 15.1. The first-order valence-electron chi connectivity index (χ1n) is 19.5. The van der Waals surface area contributed by atoms with Gasteiger partial charge in [0.1, 0.15) is 78.5 Å². The van der Waals surface area contributed by atoms with Gasteiger partial charge in [-0.3, -0.25) is 0 Å². The minimum atomic E-state index is -0.238. The molecule has 0 aromatic heterocycles. The zero-order chi connectivity index (χ0) is 42.4. The third-order valence-corrected chi connectivity index (χ3v) is 12.3. The minimum absolute atomic E-state index is 0.160. The normalized spacial score (nSPS) is 12.6. The summed E-state index contributed by atoms with van der Waals surface area (Å²) in [5, 5.41) is 1.91. The molecule has 1 aliphatic carbocycles. The summed E-state index contributed by atoms with van der Waals surface area (Å²) in [7, 11) is 64.3. The number of benzene rings is 8. The summed E-state index contributed by atoms with van der Waals surface area (Å²) in [5.74, 6) is 0. The molecule has 20 radical (unpaired) electrons. The van der Waals surface area contributed by atoms with Gasteiger partial charge in [-0.15, -0.1) is 32.8 Å². The predicted molar refractivity (Wildman–Crippen MR) is 266 cm³/mol. The molecule has 0 heterocycles. The maximum atomic E-state index is 6.71. The van der Waals surface area contributed by atoms with E-state index in [1.54, 1.807) is 0 Å². The maximum absolute atomic E-state index is 6.71. The van der Waals surface area contributed by atoms with Crippen LogP contribution in [-0.4, -0.2) is 78.5 Å². The van der Waals surface area contributed by atoms with Crippen LogP contribution in [0.1, 0.15) is 25.0 Å². The van der Waals surface area contributed by atoms with Gasteiger partial charge in [0.2, 0.25) is 0 Å². The van der Waals surface area contributed by atoms with Gasteiger partial charge in [-0.1, -0.05) is 133 Å². The molecule has 60 heavy (non-hydrogen) atoms. The Bertz CT molecular complexity index is 3020. The Morgan fingerprint density at radius 3 is 1.37 bits per heavy atom. The van der Waals surface area contributed by atoms with Crippen molar-refractivity contribution in [1.29, 1.82) is 0 Å². The maximum Gasteiger partial charge on any atom is 0.113 e. The molecule has 0 fully saturated rings. The van der Waals surface area contributed by atoms with E-state index in [1.165, 1.54) is 22.3 Å². The Kier molecular flexibility index (Phi) is 9.89. The van der Waals surface area contributed by atoms with Gasteiger partial charge in [0.15, 0.2) is 0 Å². The summed E-state index contributed by atoms with van der Waals surface area (Å²) in [5.41, 5.74) is 14.2. The Balaban J connectivity index is 1.23. The van der Waals surface area contributed by atoms with Crippen LogP contribution in [0.5, 0.6) is 0 Å². The van der Waals surface area contributed by atoms with Gasteiger partial charge in [0, 0.05) is 22.4 Å². The molecule has 0 atom stereocenters. The fourth-order valence-corrected chi connectivity index (χ4v) is 8.98.